The highest BCUT2D eigenvalue weighted by Crippen LogP contribution is 2.24. The van der Waals surface area contributed by atoms with Gasteiger partial charge in [-0.25, -0.2) is 0 Å². The summed E-state index contributed by atoms with van der Waals surface area (Å²) < 4.78 is 0. The lowest BCUT2D eigenvalue weighted by Crippen LogP contribution is -2.00. The lowest BCUT2D eigenvalue weighted by molar-refractivity contribution is 0.645. The summed E-state index contributed by atoms with van der Waals surface area (Å²) in [5, 5.41) is 0. The van der Waals surface area contributed by atoms with E-state index in [4.69, 9.17) is 0 Å². The van der Waals surface area contributed by atoms with Crippen LogP contribution in [0.1, 0.15) is 55.9 Å². The average Bonchev–Trinajstić information content (AvgIpc) is 2.09. The molecule has 0 aromatic heterocycles. The SMILES string of the molecule is Cc1cc(CC(C)C)cc(C(C)C)c1C. The molecule has 84 valence electrons. The highest BCUT2D eigenvalue weighted by molar-refractivity contribution is 5.39. The van der Waals surface area contributed by atoms with E-state index in [1.165, 1.54) is 28.7 Å². The Bertz CT molecular complexity index is 332. The Labute approximate surface area is 94.7 Å². The van der Waals surface area contributed by atoms with Crippen LogP contribution in [0.5, 0.6) is 0 Å². The molecule has 0 saturated heterocycles. The number of aryl methyl sites for hydroxylation is 1. The molecule has 0 amide bonds. The zero-order valence-electron chi connectivity index (χ0n) is 11.0. The van der Waals surface area contributed by atoms with Gasteiger partial charge in [0.05, 0.1) is 0 Å². The Kier molecular flexibility index (Phi) is 3.96. The predicted octanol–water partition coefficient (Wildman–Crippen LogP) is 4.63. The van der Waals surface area contributed by atoms with Gasteiger partial charge in [0.2, 0.25) is 0 Å². The molecular formula is C15H24. The number of rotatable bonds is 3. The van der Waals surface area contributed by atoms with Gasteiger partial charge in [0, 0.05) is 0 Å². The van der Waals surface area contributed by atoms with Crippen molar-refractivity contribution in [1.82, 2.24) is 0 Å². The van der Waals surface area contributed by atoms with E-state index >= 15 is 0 Å². The van der Waals surface area contributed by atoms with E-state index < -0.39 is 0 Å². The van der Waals surface area contributed by atoms with Crippen molar-refractivity contribution in [3.8, 4) is 0 Å². The van der Waals surface area contributed by atoms with Gasteiger partial charge in [-0.2, -0.15) is 0 Å². The van der Waals surface area contributed by atoms with Crippen LogP contribution in [0.4, 0.5) is 0 Å². The Hall–Kier alpha value is -0.780. The van der Waals surface area contributed by atoms with Crippen LogP contribution in [-0.2, 0) is 6.42 Å². The molecule has 0 saturated carbocycles. The molecule has 0 heteroatoms. The molecule has 0 atom stereocenters. The van der Waals surface area contributed by atoms with Crippen molar-refractivity contribution in [1.29, 1.82) is 0 Å². The average molecular weight is 204 g/mol. The summed E-state index contributed by atoms with van der Waals surface area (Å²) in [4.78, 5) is 0. The van der Waals surface area contributed by atoms with Crippen LogP contribution < -0.4 is 0 Å². The maximum atomic E-state index is 2.40. The van der Waals surface area contributed by atoms with Crippen molar-refractivity contribution in [2.45, 2.75) is 53.9 Å². The number of benzene rings is 1. The summed E-state index contributed by atoms with van der Waals surface area (Å²) in [5.41, 5.74) is 5.93. The Morgan fingerprint density at radius 1 is 1.00 bits per heavy atom. The van der Waals surface area contributed by atoms with Crippen molar-refractivity contribution in [2.75, 3.05) is 0 Å². The fourth-order valence-corrected chi connectivity index (χ4v) is 2.15. The second kappa shape index (κ2) is 4.83. The topological polar surface area (TPSA) is 0 Å². The van der Waals surface area contributed by atoms with Gasteiger partial charge < -0.3 is 0 Å². The van der Waals surface area contributed by atoms with E-state index in [1.807, 2.05) is 0 Å². The number of hydrogen-bond donors (Lipinski definition) is 0. The van der Waals surface area contributed by atoms with Crippen molar-refractivity contribution in [3.05, 3.63) is 34.4 Å². The lowest BCUT2D eigenvalue weighted by Gasteiger charge is -2.16. The van der Waals surface area contributed by atoms with E-state index in [0.29, 0.717) is 5.92 Å². The van der Waals surface area contributed by atoms with E-state index in [9.17, 15) is 0 Å². The zero-order valence-corrected chi connectivity index (χ0v) is 11.0. The van der Waals surface area contributed by atoms with Crippen LogP contribution in [0.25, 0.3) is 0 Å². The predicted molar refractivity (Wildman–Crippen MR) is 68.5 cm³/mol. The van der Waals surface area contributed by atoms with Crippen molar-refractivity contribution >= 4 is 0 Å². The third-order valence-electron chi connectivity index (χ3n) is 3.03. The lowest BCUT2D eigenvalue weighted by atomic mass is 9.90. The van der Waals surface area contributed by atoms with Crippen LogP contribution in [0.3, 0.4) is 0 Å². The molecule has 0 aliphatic heterocycles. The standard InChI is InChI=1S/C15H24/c1-10(2)7-14-8-12(5)13(6)15(9-14)11(3)4/h8-11H,7H2,1-6H3. The maximum Gasteiger partial charge on any atom is -0.0216 e. The molecule has 0 aliphatic rings. The minimum atomic E-state index is 0.635. The molecule has 1 aromatic rings. The second-order valence-corrected chi connectivity index (χ2v) is 5.38. The summed E-state index contributed by atoms with van der Waals surface area (Å²) in [6.07, 6.45) is 1.20. The first-order valence-corrected chi connectivity index (χ1v) is 6.01. The molecule has 0 unspecified atom stereocenters. The first kappa shape index (κ1) is 12.3. The molecule has 0 bridgehead atoms. The van der Waals surface area contributed by atoms with Crippen molar-refractivity contribution < 1.29 is 0 Å². The molecular weight excluding hydrogens is 180 g/mol. The van der Waals surface area contributed by atoms with Gasteiger partial charge >= 0.3 is 0 Å². The monoisotopic (exact) mass is 204 g/mol. The third-order valence-corrected chi connectivity index (χ3v) is 3.03. The largest absolute Gasteiger partial charge is 0.0625 e. The van der Waals surface area contributed by atoms with Crippen molar-refractivity contribution in [3.63, 3.8) is 0 Å². The van der Waals surface area contributed by atoms with Crippen LogP contribution in [0, 0.1) is 19.8 Å². The van der Waals surface area contributed by atoms with Crippen LogP contribution in [-0.4, -0.2) is 0 Å². The summed E-state index contributed by atoms with van der Waals surface area (Å²) in [7, 11) is 0. The fourth-order valence-electron chi connectivity index (χ4n) is 2.15. The normalized spacial score (nSPS) is 11.5. The summed E-state index contributed by atoms with van der Waals surface area (Å²) in [6.45, 7) is 13.6. The van der Waals surface area contributed by atoms with E-state index in [1.54, 1.807) is 0 Å². The van der Waals surface area contributed by atoms with Gasteiger partial charge in [0.25, 0.3) is 0 Å². The first-order valence-electron chi connectivity index (χ1n) is 6.01. The Morgan fingerprint density at radius 3 is 2.07 bits per heavy atom. The molecule has 0 spiro atoms. The molecule has 0 aliphatic carbocycles. The van der Waals surface area contributed by atoms with Crippen LogP contribution in [0.2, 0.25) is 0 Å². The summed E-state index contributed by atoms with van der Waals surface area (Å²) in [5.74, 6) is 1.38. The quantitative estimate of drug-likeness (QED) is 0.673. The van der Waals surface area contributed by atoms with Crippen molar-refractivity contribution in [2.24, 2.45) is 5.92 Å². The summed E-state index contributed by atoms with van der Waals surface area (Å²) >= 11 is 0. The molecule has 0 N–H and O–H groups in total. The zero-order chi connectivity index (χ0) is 11.6. The molecule has 1 aromatic carbocycles. The Morgan fingerprint density at radius 2 is 1.60 bits per heavy atom. The van der Waals surface area contributed by atoms with Gasteiger partial charge in [-0.3, -0.25) is 0 Å². The molecule has 1 rings (SSSR count). The minimum Gasteiger partial charge on any atom is -0.0625 e. The first-order chi connectivity index (χ1) is 6.91. The third kappa shape index (κ3) is 3.09. The fraction of sp³-hybridized carbons (Fsp3) is 0.600. The van der Waals surface area contributed by atoms with Gasteiger partial charge in [-0.15, -0.1) is 0 Å². The smallest absolute Gasteiger partial charge is 0.0216 e. The van der Waals surface area contributed by atoms with E-state index in [-0.39, 0.29) is 0 Å². The van der Waals surface area contributed by atoms with Gasteiger partial charge in [0.15, 0.2) is 0 Å². The molecule has 0 heterocycles. The number of hydrogen-bond acceptors (Lipinski definition) is 0. The molecule has 0 radical (unpaired) electrons. The summed E-state index contributed by atoms with van der Waals surface area (Å²) in [6, 6.07) is 4.74. The van der Waals surface area contributed by atoms with E-state index in [2.05, 4.69) is 53.7 Å². The van der Waals surface area contributed by atoms with Gasteiger partial charge in [0.1, 0.15) is 0 Å². The van der Waals surface area contributed by atoms with E-state index in [0.717, 1.165) is 5.92 Å². The van der Waals surface area contributed by atoms with Crippen LogP contribution >= 0.6 is 0 Å². The second-order valence-electron chi connectivity index (χ2n) is 5.38. The molecule has 0 fully saturated rings. The maximum absolute atomic E-state index is 2.40. The molecule has 0 nitrogen and oxygen atoms in total. The van der Waals surface area contributed by atoms with Crippen LogP contribution in [0.15, 0.2) is 12.1 Å². The Balaban J connectivity index is 3.11. The molecule has 15 heavy (non-hydrogen) atoms. The minimum absolute atomic E-state index is 0.635. The highest BCUT2D eigenvalue weighted by Gasteiger charge is 2.08. The highest BCUT2D eigenvalue weighted by atomic mass is 14.1. The van der Waals surface area contributed by atoms with Gasteiger partial charge in [-0.05, 0) is 54.4 Å². The van der Waals surface area contributed by atoms with Gasteiger partial charge in [-0.1, -0.05) is 39.8 Å².